The molecule has 0 saturated carbocycles. The summed E-state index contributed by atoms with van der Waals surface area (Å²) >= 11 is 1.27. The van der Waals surface area contributed by atoms with E-state index in [1.54, 1.807) is 24.3 Å². The van der Waals surface area contributed by atoms with E-state index in [4.69, 9.17) is 9.47 Å². The fraction of sp³-hybridized carbons (Fsp3) is 0.214. The van der Waals surface area contributed by atoms with Crippen LogP contribution < -0.4 is 10.1 Å². The number of carbonyl (C=O) groups is 2. The van der Waals surface area contributed by atoms with Crippen LogP contribution >= 0.6 is 11.8 Å². The highest BCUT2D eigenvalue weighted by molar-refractivity contribution is 7.99. The topological polar surface area (TPSA) is 95.3 Å². The van der Waals surface area contributed by atoms with Crippen LogP contribution in [0.15, 0.2) is 71.9 Å². The van der Waals surface area contributed by atoms with Gasteiger partial charge in [-0.15, -0.1) is 10.2 Å². The van der Waals surface area contributed by atoms with Crippen LogP contribution in [0.2, 0.25) is 0 Å². The molecule has 0 fully saturated rings. The molecular weight excluding hydrogens is 488 g/mol. The number of methoxy groups -OCH3 is 1. The Morgan fingerprint density at radius 2 is 1.65 bits per heavy atom. The van der Waals surface area contributed by atoms with Crippen molar-refractivity contribution >= 4 is 29.3 Å². The summed E-state index contributed by atoms with van der Waals surface area (Å²) in [6.07, 6.45) is 0. The Kier molecular flexibility index (Phi) is 8.25. The van der Waals surface area contributed by atoms with Crippen molar-refractivity contribution in [3.63, 3.8) is 0 Å². The van der Waals surface area contributed by atoms with Crippen molar-refractivity contribution in [1.82, 2.24) is 14.8 Å². The lowest BCUT2D eigenvalue weighted by molar-refractivity contribution is -0.113. The minimum Gasteiger partial charge on any atom is -0.485 e. The van der Waals surface area contributed by atoms with E-state index in [1.165, 1.54) is 18.9 Å². The van der Waals surface area contributed by atoms with Crippen LogP contribution in [-0.2, 0) is 16.1 Å². The number of para-hydroxylation sites is 1. The van der Waals surface area contributed by atoms with Gasteiger partial charge in [-0.1, -0.05) is 53.7 Å². The number of ether oxygens (including phenoxy) is 2. The third kappa shape index (κ3) is 6.37. The lowest BCUT2D eigenvalue weighted by atomic mass is 10.1. The number of thioether (sulfide) groups is 1. The number of esters is 1. The van der Waals surface area contributed by atoms with E-state index < -0.39 is 5.97 Å². The van der Waals surface area contributed by atoms with Gasteiger partial charge in [0.05, 0.1) is 18.4 Å². The van der Waals surface area contributed by atoms with E-state index in [1.807, 2.05) is 67.8 Å². The minimum atomic E-state index is -0.465. The fourth-order valence-corrected chi connectivity index (χ4v) is 4.54. The van der Waals surface area contributed by atoms with E-state index >= 15 is 0 Å². The molecule has 0 aliphatic carbocycles. The van der Waals surface area contributed by atoms with Crippen molar-refractivity contribution in [3.05, 3.63) is 94.8 Å². The van der Waals surface area contributed by atoms with E-state index in [-0.39, 0.29) is 18.3 Å². The molecule has 1 amide bonds. The first-order valence-electron chi connectivity index (χ1n) is 11.7. The Morgan fingerprint density at radius 1 is 0.946 bits per heavy atom. The largest absolute Gasteiger partial charge is 0.485 e. The molecule has 0 spiro atoms. The quantitative estimate of drug-likeness (QED) is 0.239. The second kappa shape index (κ2) is 11.7. The van der Waals surface area contributed by atoms with Crippen LogP contribution in [0.1, 0.15) is 32.9 Å². The van der Waals surface area contributed by atoms with Crippen molar-refractivity contribution in [2.24, 2.45) is 0 Å². The number of hydrogen-bond donors (Lipinski definition) is 1. The molecule has 37 heavy (non-hydrogen) atoms. The number of aromatic nitrogens is 3. The first-order valence-corrected chi connectivity index (χ1v) is 12.7. The van der Waals surface area contributed by atoms with E-state index in [0.29, 0.717) is 22.2 Å². The van der Waals surface area contributed by atoms with Gasteiger partial charge in [0.1, 0.15) is 12.4 Å². The van der Waals surface area contributed by atoms with Crippen molar-refractivity contribution in [3.8, 4) is 11.4 Å². The van der Waals surface area contributed by atoms with Gasteiger partial charge < -0.3 is 14.8 Å². The van der Waals surface area contributed by atoms with Gasteiger partial charge in [0.15, 0.2) is 11.0 Å². The van der Waals surface area contributed by atoms with Gasteiger partial charge in [0.2, 0.25) is 5.91 Å². The van der Waals surface area contributed by atoms with Crippen molar-refractivity contribution in [2.75, 3.05) is 18.2 Å². The van der Waals surface area contributed by atoms with E-state index in [0.717, 1.165) is 28.1 Å². The molecule has 0 saturated heterocycles. The molecule has 0 bridgehead atoms. The maximum absolute atomic E-state index is 12.7. The summed E-state index contributed by atoms with van der Waals surface area (Å²) in [7, 11) is 1.32. The summed E-state index contributed by atoms with van der Waals surface area (Å²) in [5, 5.41) is 12.1. The van der Waals surface area contributed by atoms with E-state index in [9.17, 15) is 9.59 Å². The van der Waals surface area contributed by atoms with Gasteiger partial charge in [0.25, 0.3) is 0 Å². The molecule has 190 valence electrons. The summed E-state index contributed by atoms with van der Waals surface area (Å²) in [6.45, 7) is 6.26. The zero-order valence-electron chi connectivity index (χ0n) is 21.1. The Balaban J connectivity index is 1.51. The van der Waals surface area contributed by atoms with Crippen LogP contribution in [0.5, 0.6) is 5.75 Å². The summed E-state index contributed by atoms with van der Waals surface area (Å²) in [6, 6.07) is 20.6. The minimum absolute atomic E-state index is 0.101. The number of aryl methyl sites for hydroxylation is 3. The predicted molar refractivity (Wildman–Crippen MR) is 143 cm³/mol. The molecule has 1 N–H and O–H groups in total. The highest BCUT2D eigenvalue weighted by atomic mass is 32.2. The number of anilines is 1. The number of amides is 1. The number of hydrogen-bond acceptors (Lipinski definition) is 7. The van der Waals surface area contributed by atoms with Crippen LogP contribution in [0.4, 0.5) is 5.69 Å². The third-order valence-electron chi connectivity index (χ3n) is 5.65. The standard InChI is InChI=1S/C28H28N4O4S/c1-18-11-13-23(14-12-18)32-24(16-36-26-19(2)7-5-8-20(26)3)30-31-28(32)37-17-25(33)29-22-10-6-9-21(15-22)27(34)35-4/h5-15H,16-17H2,1-4H3,(H,29,33). The molecule has 1 heterocycles. The Hall–Kier alpha value is -4.11. The molecule has 4 rings (SSSR count). The zero-order chi connectivity index (χ0) is 26.4. The van der Waals surface area contributed by atoms with Gasteiger partial charge >= 0.3 is 5.97 Å². The van der Waals surface area contributed by atoms with Crippen molar-refractivity contribution < 1.29 is 19.1 Å². The molecule has 0 aliphatic rings. The van der Waals surface area contributed by atoms with Crippen molar-refractivity contribution in [1.29, 1.82) is 0 Å². The van der Waals surface area contributed by atoms with Gasteiger partial charge in [-0.05, 0) is 62.2 Å². The number of nitrogens with one attached hydrogen (secondary N) is 1. The molecule has 8 nitrogen and oxygen atoms in total. The number of nitrogens with zero attached hydrogens (tertiary/aromatic N) is 3. The molecular formula is C28H28N4O4S. The molecule has 0 unspecified atom stereocenters. The molecule has 4 aromatic rings. The molecule has 0 radical (unpaired) electrons. The zero-order valence-corrected chi connectivity index (χ0v) is 22.0. The Labute approximate surface area is 220 Å². The number of carbonyl (C=O) groups excluding carboxylic acids is 2. The fourth-order valence-electron chi connectivity index (χ4n) is 3.77. The van der Waals surface area contributed by atoms with Gasteiger partial charge in [-0.2, -0.15) is 0 Å². The van der Waals surface area contributed by atoms with Crippen LogP contribution in [0.25, 0.3) is 5.69 Å². The maximum Gasteiger partial charge on any atom is 0.337 e. The lowest BCUT2D eigenvalue weighted by Gasteiger charge is -2.14. The molecule has 0 atom stereocenters. The van der Waals surface area contributed by atoms with Gasteiger partial charge in [0, 0.05) is 11.4 Å². The van der Waals surface area contributed by atoms with Crippen LogP contribution in [-0.4, -0.2) is 39.5 Å². The predicted octanol–water partition coefficient (Wildman–Crippen LogP) is 5.29. The lowest BCUT2D eigenvalue weighted by Crippen LogP contribution is -2.15. The van der Waals surface area contributed by atoms with Crippen LogP contribution in [0, 0.1) is 20.8 Å². The molecule has 1 aromatic heterocycles. The summed E-state index contributed by atoms with van der Waals surface area (Å²) in [5.41, 5.74) is 4.97. The third-order valence-corrected chi connectivity index (χ3v) is 6.58. The normalized spacial score (nSPS) is 10.7. The monoisotopic (exact) mass is 516 g/mol. The first-order chi connectivity index (χ1) is 17.9. The smallest absolute Gasteiger partial charge is 0.337 e. The summed E-state index contributed by atoms with van der Waals surface area (Å²) in [4.78, 5) is 24.5. The van der Waals surface area contributed by atoms with Gasteiger partial charge in [-0.25, -0.2) is 4.79 Å². The van der Waals surface area contributed by atoms with E-state index in [2.05, 4.69) is 15.5 Å². The molecule has 0 aliphatic heterocycles. The number of rotatable bonds is 9. The maximum atomic E-state index is 12.7. The Bertz CT molecular complexity index is 1400. The number of benzene rings is 3. The first kappa shape index (κ1) is 26.0. The highest BCUT2D eigenvalue weighted by Gasteiger charge is 2.18. The van der Waals surface area contributed by atoms with Crippen molar-refractivity contribution in [2.45, 2.75) is 32.5 Å². The molecule has 3 aromatic carbocycles. The summed E-state index contributed by atoms with van der Waals surface area (Å²) < 4.78 is 12.8. The highest BCUT2D eigenvalue weighted by Crippen LogP contribution is 2.26. The Morgan fingerprint density at radius 3 is 2.35 bits per heavy atom. The van der Waals surface area contributed by atoms with Crippen LogP contribution in [0.3, 0.4) is 0 Å². The average molecular weight is 517 g/mol. The summed E-state index contributed by atoms with van der Waals surface area (Å²) in [5.74, 6) is 0.847. The SMILES string of the molecule is COC(=O)c1cccc(NC(=O)CSc2nnc(COc3c(C)cccc3C)n2-c2ccc(C)cc2)c1. The van der Waals surface area contributed by atoms with Gasteiger partial charge in [-0.3, -0.25) is 9.36 Å². The molecule has 9 heteroatoms. The second-order valence-corrected chi connectivity index (χ2v) is 9.43. The average Bonchev–Trinajstić information content (AvgIpc) is 3.30. The second-order valence-electron chi connectivity index (χ2n) is 8.49.